The summed E-state index contributed by atoms with van der Waals surface area (Å²) < 4.78 is 20.2. The van der Waals surface area contributed by atoms with Gasteiger partial charge < -0.3 is 13.9 Å². The Morgan fingerprint density at radius 2 is 1.86 bits per heavy atom. The Hall–Kier alpha value is -3.65. The van der Waals surface area contributed by atoms with Gasteiger partial charge in [-0.25, -0.2) is 9.78 Å². The third-order valence-corrected chi connectivity index (χ3v) is 6.22. The predicted molar refractivity (Wildman–Crippen MR) is 133 cm³/mol. The number of benzene rings is 2. The summed E-state index contributed by atoms with van der Waals surface area (Å²) in [5.74, 6) is 1.87. The zero-order chi connectivity index (χ0) is 24.5. The van der Waals surface area contributed by atoms with Gasteiger partial charge in [0.15, 0.2) is 0 Å². The van der Waals surface area contributed by atoms with Crippen LogP contribution in [0.2, 0.25) is 0 Å². The van der Waals surface area contributed by atoms with E-state index in [4.69, 9.17) is 13.9 Å². The number of nitrogens with zero attached hydrogens (tertiary/aromatic N) is 3. The van der Waals surface area contributed by atoms with Gasteiger partial charge in [0.05, 0.1) is 36.2 Å². The highest BCUT2D eigenvalue weighted by Crippen LogP contribution is 2.25. The third-order valence-electron chi connectivity index (χ3n) is 6.22. The van der Waals surface area contributed by atoms with Gasteiger partial charge in [-0.05, 0) is 70.0 Å². The van der Waals surface area contributed by atoms with Gasteiger partial charge >= 0.3 is 5.69 Å². The topological polar surface area (TPSA) is 88.5 Å². The number of hydrogen-bond donors (Lipinski definition) is 0. The highest BCUT2D eigenvalue weighted by atomic mass is 16.5. The number of rotatable bonds is 7. The highest BCUT2D eigenvalue weighted by molar-refractivity contribution is 5.77. The molecular weight excluding hydrogens is 446 g/mol. The van der Waals surface area contributed by atoms with Crippen LogP contribution in [0.1, 0.15) is 38.1 Å². The molecule has 0 spiro atoms. The van der Waals surface area contributed by atoms with Gasteiger partial charge in [0.25, 0.3) is 5.56 Å². The molecule has 0 saturated carbocycles. The molecule has 8 heteroatoms. The van der Waals surface area contributed by atoms with Crippen molar-refractivity contribution in [2.45, 2.75) is 58.9 Å². The molecule has 0 aliphatic carbocycles. The Balaban J connectivity index is 1.51. The molecule has 1 saturated heterocycles. The van der Waals surface area contributed by atoms with Crippen molar-refractivity contribution in [2.24, 2.45) is 0 Å². The standard InChI is InChI=1S/C27H29N3O5/c1-17(2)34-20-12-10-19(11-13-20)25-28-23(18(3)35-25)16-29-24-9-5-4-8-22(24)26(31)30(27(29)32)15-21-7-6-14-33-21/h4-5,8-13,17,21H,6-7,14-16H2,1-3H3/t21-/m0/s1. The van der Waals surface area contributed by atoms with Crippen LogP contribution in [0.15, 0.2) is 62.5 Å². The maximum absolute atomic E-state index is 13.5. The van der Waals surface area contributed by atoms with Crippen molar-refractivity contribution in [3.8, 4) is 17.2 Å². The van der Waals surface area contributed by atoms with Crippen LogP contribution in [-0.2, 0) is 17.8 Å². The van der Waals surface area contributed by atoms with E-state index in [0.29, 0.717) is 34.9 Å². The molecule has 35 heavy (non-hydrogen) atoms. The number of para-hydroxylation sites is 1. The van der Waals surface area contributed by atoms with Crippen LogP contribution < -0.4 is 16.0 Å². The lowest BCUT2D eigenvalue weighted by atomic mass is 10.2. The SMILES string of the molecule is Cc1oc(-c2ccc(OC(C)C)cc2)nc1Cn1c(=O)n(C[C@@H]2CCCO2)c(=O)c2ccccc21. The number of ether oxygens (including phenoxy) is 2. The summed E-state index contributed by atoms with van der Waals surface area (Å²) in [7, 11) is 0. The molecule has 8 nitrogen and oxygen atoms in total. The number of oxazole rings is 1. The predicted octanol–water partition coefficient (Wildman–Crippen LogP) is 4.14. The number of hydrogen-bond acceptors (Lipinski definition) is 6. The first-order chi connectivity index (χ1) is 16.9. The Labute approximate surface area is 202 Å². The molecule has 0 radical (unpaired) electrons. The lowest BCUT2D eigenvalue weighted by molar-refractivity contribution is 0.0948. The Morgan fingerprint density at radius 1 is 1.09 bits per heavy atom. The van der Waals surface area contributed by atoms with Crippen LogP contribution in [0.5, 0.6) is 5.75 Å². The molecule has 0 unspecified atom stereocenters. The largest absolute Gasteiger partial charge is 0.491 e. The minimum absolute atomic E-state index is 0.0908. The van der Waals surface area contributed by atoms with Crippen LogP contribution in [-0.4, -0.2) is 32.9 Å². The fourth-order valence-electron chi connectivity index (χ4n) is 4.47. The smallest absolute Gasteiger partial charge is 0.331 e. The molecule has 3 heterocycles. The van der Waals surface area contributed by atoms with E-state index in [9.17, 15) is 9.59 Å². The van der Waals surface area contributed by atoms with Gasteiger partial charge in [0.2, 0.25) is 5.89 Å². The van der Waals surface area contributed by atoms with Crippen LogP contribution in [0, 0.1) is 6.92 Å². The molecule has 0 amide bonds. The maximum atomic E-state index is 13.5. The second-order valence-electron chi connectivity index (χ2n) is 9.15. The molecule has 182 valence electrons. The lowest BCUT2D eigenvalue weighted by Crippen LogP contribution is -2.42. The summed E-state index contributed by atoms with van der Waals surface area (Å²) in [6.07, 6.45) is 1.74. The first-order valence-corrected chi connectivity index (χ1v) is 12.0. The first kappa shape index (κ1) is 23.1. The Morgan fingerprint density at radius 3 is 2.57 bits per heavy atom. The minimum Gasteiger partial charge on any atom is -0.491 e. The van der Waals surface area contributed by atoms with Crippen molar-refractivity contribution >= 4 is 10.9 Å². The average Bonchev–Trinajstić information content (AvgIpc) is 3.49. The van der Waals surface area contributed by atoms with Gasteiger partial charge in [-0.15, -0.1) is 0 Å². The van der Waals surface area contributed by atoms with Crippen LogP contribution in [0.4, 0.5) is 0 Å². The van der Waals surface area contributed by atoms with Crippen molar-refractivity contribution in [1.82, 2.24) is 14.1 Å². The van der Waals surface area contributed by atoms with Crippen molar-refractivity contribution in [1.29, 1.82) is 0 Å². The van der Waals surface area contributed by atoms with E-state index in [1.54, 1.807) is 22.8 Å². The van der Waals surface area contributed by atoms with Crippen molar-refractivity contribution in [3.05, 3.63) is 80.8 Å². The van der Waals surface area contributed by atoms with E-state index >= 15 is 0 Å². The maximum Gasteiger partial charge on any atom is 0.331 e. The van der Waals surface area contributed by atoms with Gasteiger partial charge in [-0.3, -0.25) is 13.9 Å². The second kappa shape index (κ2) is 9.54. The van der Waals surface area contributed by atoms with Crippen LogP contribution >= 0.6 is 0 Å². The number of aryl methyl sites for hydroxylation is 1. The Bertz CT molecular complexity index is 1460. The first-order valence-electron chi connectivity index (χ1n) is 12.0. The van der Waals surface area contributed by atoms with E-state index in [-0.39, 0.29) is 36.5 Å². The van der Waals surface area contributed by atoms with Crippen molar-refractivity contribution in [2.75, 3.05) is 6.61 Å². The van der Waals surface area contributed by atoms with E-state index in [2.05, 4.69) is 4.98 Å². The highest BCUT2D eigenvalue weighted by Gasteiger charge is 2.22. The van der Waals surface area contributed by atoms with Crippen molar-refractivity contribution < 1.29 is 13.9 Å². The molecule has 2 aromatic carbocycles. The summed E-state index contributed by atoms with van der Waals surface area (Å²) in [6.45, 7) is 6.88. The monoisotopic (exact) mass is 475 g/mol. The molecule has 0 N–H and O–H groups in total. The summed E-state index contributed by atoms with van der Waals surface area (Å²) in [5, 5.41) is 0.493. The number of aromatic nitrogens is 3. The molecule has 1 atom stereocenters. The van der Waals surface area contributed by atoms with Gasteiger partial charge in [-0.1, -0.05) is 12.1 Å². The lowest BCUT2D eigenvalue weighted by Gasteiger charge is -2.16. The molecule has 1 aliphatic rings. The Kier molecular flexibility index (Phi) is 6.30. The average molecular weight is 476 g/mol. The van der Waals surface area contributed by atoms with Gasteiger partial charge in [0, 0.05) is 12.2 Å². The molecule has 0 bridgehead atoms. The quantitative estimate of drug-likeness (QED) is 0.399. The van der Waals surface area contributed by atoms with Crippen molar-refractivity contribution in [3.63, 3.8) is 0 Å². The molecule has 4 aromatic rings. The fraction of sp³-hybridized carbons (Fsp3) is 0.370. The zero-order valence-electron chi connectivity index (χ0n) is 20.2. The van der Waals surface area contributed by atoms with E-state index < -0.39 is 0 Å². The second-order valence-corrected chi connectivity index (χ2v) is 9.15. The fourth-order valence-corrected chi connectivity index (χ4v) is 4.47. The molecule has 1 aliphatic heterocycles. The third kappa shape index (κ3) is 4.66. The minimum atomic E-state index is -0.372. The normalized spacial score (nSPS) is 15.8. The van der Waals surface area contributed by atoms with E-state index in [1.165, 1.54) is 4.57 Å². The summed E-state index contributed by atoms with van der Waals surface area (Å²) in [5.41, 5.74) is 1.36. The summed E-state index contributed by atoms with van der Waals surface area (Å²) in [4.78, 5) is 31.3. The van der Waals surface area contributed by atoms with Crippen LogP contribution in [0.3, 0.4) is 0 Å². The van der Waals surface area contributed by atoms with E-state index in [0.717, 1.165) is 24.2 Å². The molecule has 5 rings (SSSR count). The van der Waals surface area contributed by atoms with Crippen LogP contribution in [0.25, 0.3) is 22.4 Å². The summed E-state index contributed by atoms with van der Waals surface area (Å²) in [6, 6.07) is 14.7. The molecule has 2 aromatic heterocycles. The van der Waals surface area contributed by atoms with Gasteiger partial charge in [-0.2, -0.15) is 0 Å². The van der Waals surface area contributed by atoms with Gasteiger partial charge in [0.1, 0.15) is 17.2 Å². The number of fused-ring (bicyclic) bond motifs is 1. The zero-order valence-corrected chi connectivity index (χ0v) is 20.2. The molecule has 1 fully saturated rings. The van der Waals surface area contributed by atoms with E-state index in [1.807, 2.05) is 51.1 Å². The molecular formula is C27H29N3O5. The summed E-state index contributed by atoms with van der Waals surface area (Å²) >= 11 is 0.